The van der Waals surface area contributed by atoms with E-state index in [0.29, 0.717) is 5.92 Å². The summed E-state index contributed by atoms with van der Waals surface area (Å²) in [5, 5.41) is 2.95. The van der Waals surface area contributed by atoms with Gasteiger partial charge in [0.15, 0.2) is 0 Å². The largest absolute Gasteiger partial charge is 0.460 e. The predicted octanol–water partition coefficient (Wildman–Crippen LogP) is 2.41. The number of nitrogens with one attached hydrogen (secondary N) is 1. The average Bonchev–Trinajstić information content (AvgIpc) is 2.08. The van der Waals surface area contributed by atoms with Crippen LogP contribution in [-0.4, -0.2) is 23.5 Å². The van der Waals surface area contributed by atoms with Crippen molar-refractivity contribution in [3.05, 3.63) is 0 Å². The van der Waals surface area contributed by atoms with Crippen molar-refractivity contribution in [2.24, 2.45) is 5.92 Å². The Morgan fingerprint density at radius 2 is 1.89 bits per heavy atom. The van der Waals surface area contributed by atoms with E-state index in [9.17, 15) is 9.59 Å². The summed E-state index contributed by atoms with van der Waals surface area (Å²) in [5.41, 5.74) is -0.479. The van der Waals surface area contributed by atoms with Crippen LogP contribution in [0.1, 0.15) is 59.8 Å². The van der Waals surface area contributed by atoms with Gasteiger partial charge >= 0.3 is 5.97 Å². The lowest BCUT2D eigenvalue weighted by Gasteiger charge is -2.31. The second-order valence-corrected chi connectivity index (χ2v) is 6.13. The Morgan fingerprint density at radius 1 is 1.28 bits per heavy atom. The number of carbonyl (C=O) groups is 2. The minimum Gasteiger partial charge on any atom is -0.460 e. The van der Waals surface area contributed by atoms with Gasteiger partial charge in [-0.1, -0.05) is 6.42 Å². The molecule has 0 aromatic heterocycles. The zero-order chi connectivity index (χ0) is 13.8. The highest BCUT2D eigenvalue weighted by atomic mass is 16.6. The van der Waals surface area contributed by atoms with E-state index >= 15 is 0 Å². The van der Waals surface area contributed by atoms with Gasteiger partial charge in [0.1, 0.15) is 5.60 Å². The zero-order valence-electron chi connectivity index (χ0n) is 11.9. The summed E-state index contributed by atoms with van der Waals surface area (Å²) in [4.78, 5) is 23.1. The van der Waals surface area contributed by atoms with Crippen molar-refractivity contribution in [2.45, 2.75) is 71.4 Å². The quantitative estimate of drug-likeness (QED) is 0.768. The maximum atomic E-state index is 11.6. The van der Waals surface area contributed by atoms with Gasteiger partial charge in [0.05, 0.1) is 6.42 Å². The Balaban J connectivity index is 2.18. The molecule has 1 N–H and O–H groups in total. The van der Waals surface area contributed by atoms with Crippen LogP contribution in [0.4, 0.5) is 0 Å². The number of carbonyl (C=O) groups excluding carboxylic acids is 2. The van der Waals surface area contributed by atoms with Gasteiger partial charge in [0.2, 0.25) is 5.91 Å². The second kappa shape index (κ2) is 6.21. The fraction of sp³-hybridized carbons (Fsp3) is 0.857. The van der Waals surface area contributed by atoms with Crippen LogP contribution in [0.2, 0.25) is 0 Å². The normalized spacial score (nSPS) is 17.8. The summed E-state index contributed by atoms with van der Waals surface area (Å²) in [6.07, 6.45) is 4.04. The molecular weight excluding hydrogens is 230 g/mol. The molecule has 4 nitrogen and oxygen atoms in total. The van der Waals surface area contributed by atoms with Crippen LogP contribution >= 0.6 is 0 Å². The first-order valence-electron chi connectivity index (χ1n) is 6.79. The van der Waals surface area contributed by atoms with Crippen LogP contribution in [0.5, 0.6) is 0 Å². The SMILES string of the molecule is CC(NC(=O)CCC(=O)OC(C)(C)C)C1CCC1. The molecule has 0 spiro atoms. The molecule has 1 saturated carbocycles. The van der Waals surface area contributed by atoms with Gasteiger partial charge in [0.25, 0.3) is 0 Å². The standard InChI is InChI=1S/C14H25NO3/c1-10(11-6-5-7-11)15-12(16)8-9-13(17)18-14(2,3)4/h10-11H,5-9H2,1-4H3,(H,15,16). The van der Waals surface area contributed by atoms with Crippen molar-refractivity contribution < 1.29 is 14.3 Å². The molecule has 104 valence electrons. The lowest BCUT2D eigenvalue weighted by atomic mass is 9.80. The first-order chi connectivity index (χ1) is 8.28. The third kappa shape index (κ3) is 5.52. The van der Waals surface area contributed by atoms with Crippen LogP contribution in [0.15, 0.2) is 0 Å². The number of rotatable bonds is 5. The molecule has 0 heterocycles. The Bertz CT molecular complexity index is 303. The third-order valence-corrected chi connectivity index (χ3v) is 3.22. The topological polar surface area (TPSA) is 55.4 Å². The van der Waals surface area contributed by atoms with Crippen LogP contribution < -0.4 is 5.32 Å². The van der Waals surface area contributed by atoms with E-state index in [1.54, 1.807) is 0 Å². The van der Waals surface area contributed by atoms with E-state index in [2.05, 4.69) is 5.32 Å². The lowest BCUT2D eigenvalue weighted by Crippen LogP contribution is -2.40. The third-order valence-electron chi connectivity index (χ3n) is 3.22. The van der Waals surface area contributed by atoms with E-state index in [1.807, 2.05) is 27.7 Å². The van der Waals surface area contributed by atoms with Crippen molar-refractivity contribution in [2.75, 3.05) is 0 Å². The molecule has 1 amide bonds. The van der Waals surface area contributed by atoms with Crippen molar-refractivity contribution in [3.8, 4) is 0 Å². The van der Waals surface area contributed by atoms with Crippen LogP contribution in [0, 0.1) is 5.92 Å². The molecule has 1 rings (SSSR count). The number of hydrogen-bond donors (Lipinski definition) is 1. The molecule has 1 atom stereocenters. The molecule has 0 aliphatic heterocycles. The van der Waals surface area contributed by atoms with Gasteiger partial charge in [-0.2, -0.15) is 0 Å². The summed E-state index contributed by atoms with van der Waals surface area (Å²) in [6.45, 7) is 7.51. The number of esters is 1. The summed E-state index contributed by atoms with van der Waals surface area (Å²) in [5.74, 6) is 0.254. The van der Waals surface area contributed by atoms with Crippen molar-refractivity contribution >= 4 is 11.9 Å². The smallest absolute Gasteiger partial charge is 0.306 e. The Labute approximate surface area is 109 Å². The summed E-state index contributed by atoms with van der Waals surface area (Å²) in [6, 6.07) is 0.227. The summed E-state index contributed by atoms with van der Waals surface area (Å²) >= 11 is 0. The van der Waals surface area contributed by atoms with Crippen LogP contribution in [0.25, 0.3) is 0 Å². The van der Waals surface area contributed by atoms with E-state index in [0.717, 1.165) is 0 Å². The fourth-order valence-corrected chi connectivity index (χ4v) is 1.99. The summed E-state index contributed by atoms with van der Waals surface area (Å²) < 4.78 is 5.15. The van der Waals surface area contributed by atoms with Gasteiger partial charge < -0.3 is 10.1 Å². The van der Waals surface area contributed by atoms with E-state index in [-0.39, 0.29) is 30.8 Å². The highest BCUT2D eigenvalue weighted by Gasteiger charge is 2.25. The minimum atomic E-state index is -0.479. The number of amides is 1. The Kier molecular flexibility index (Phi) is 5.17. The molecule has 1 aliphatic carbocycles. The molecule has 0 radical (unpaired) electrons. The average molecular weight is 255 g/mol. The van der Waals surface area contributed by atoms with Gasteiger partial charge in [-0.3, -0.25) is 9.59 Å². The molecule has 0 saturated heterocycles. The highest BCUT2D eigenvalue weighted by Crippen LogP contribution is 2.29. The molecule has 0 aromatic rings. The first kappa shape index (κ1) is 15.0. The molecule has 1 unspecified atom stereocenters. The molecule has 1 fully saturated rings. The maximum absolute atomic E-state index is 11.6. The van der Waals surface area contributed by atoms with Crippen molar-refractivity contribution in [3.63, 3.8) is 0 Å². The van der Waals surface area contributed by atoms with E-state index in [4.69, 9.17) is 4.74 Å². The maximum Gasteiger partial charge on any atom is 0.306 e. The Hall–Kier alpha value is -1.06. The molecule has 0 bridgehead atoms. The predicted molar refractivity (Wildman–Crippen MR) is 70.0 cm³/mol. The lowest BCUT2D eigenvalue weighted by molar-refractivity contribution is -0.155. The fourth-order valence-electron chi connectivity index (χ4n) is 1.99. The molecule has 18 heavy (non-hydrogen) atoms. The van der Waals surface area contributed by atoms with Gasteiger partial charge in [-0.25, -0.2) is 0 Å². The van der Waals surface area contributed by atoms with Gasteiger partial charge in [-0.15, -0.1) is 0 Å². The van der Waals surface area contributed by atoms with Crippen LogP contribution in [0.3, 0.4) is 0 Å². The molecule has 4 heteroatoms. The second-order valence-electron chi connectivity index (χ2n) is 6.13. The number of ether oxygens (including phenoxy) is 1. The molecular formula is C14H25NO3. The van der Waals surface area contributed by atoms with Crippen LogP contribution in [-0.2, 0) is 14.3 Å². The number of hydrogen-bond acceptors (Lipinski definition) is 3. The monoisotopic (exact) mass is 255 g/mol. The van der Waals surface area contributed by atoms with Crippen molar-refractivity contribution in [1.82, 2.24) is 5.32 Å². The summed E-state index contributed by atoms with van der Waals surface area (Å²) in [7, 11) is 0. The van der Waals surface area contributed by atoms with E-state index < -0.39 is 5.60 Å². The highest BCUT2D eigenvalue weighted by molar-refractivity contribution is 5.81. The van der Waals surface area contributed by atoms with Gasteiger partial charge in [-0.05, 0) is 46.5 Å². The van der Waals surface area contributed by atoms with E-state index in [1.165, 1.54) is 19.3 Å². The van der Waals surface area contributed by atoms with Gasteiger partial charge in [0, 0.05) is 12.5 Å². The zero-order valence-corrected chi connectivity index (χ0v) is 11.9. The molecule has 1 aliphatic rings. The Morgan fingerprint density at radius 3 is 2.33 bits per heavy atom. The van der Waals surface area contributed by atoms with Crippen molar-refractivity contribution in [1.29, 1.82) is 0 Å². The first-order valence-corrected chi connectivity index (χ1v) is 6.79. The minimum absolute atomic E-state index is 0.0553. The molecule has 0 aromatic carbocycles.